The summed E-state index contributed by atoms with van der Waals surface area (Å²) in [5, 5.41) is 14.3. The first kappa shape index (κ1) is 27.4. The lowest BCUT2D eigenvalue weighted by Crippen LogP contribution is -2.27. The smallest absolute Gasteiger partial charge is 0.404 e. The van der Waals surface area contributed by atoms with Crippen molar-refractivity contribution in [2.24, 2.45) is 0 Å². The van der Waals surface area contributed by atoms with Crippen molar-refractivity contribution in [2.75, 3.05) is 15.9 Å². The van der Waals surface area contributed by atoms with E-state index in [0.717, 1.165) is 21.7 Å². The summed E-state index contributed by atoms with van der Waals surface area (Å²) in [5.41, 5.74) is 2.32. The molecule has 4 rings (SSSR count). The van der Waals surface area contributed by atoms with E-state index in [-0.39, 0.29) is 36.0 Å². The van der Waals surface area contributed by atoms with Crippen molar-refractivity contribution in [2.45, 2.75) is 25.9 Å². The molecule has 39 heavy (non-hydrogen) atoms. The molecule has 2 heterocycles. The molecule has 0 saturated carbocycles. The van der Waals surface area contributed by atoms with Crippen LogP contribution in [-0.2, 0) is 23.0 Å². The van der Waals surface area contributed by atoms with E-state index in [4.69, 9.17) is 5.11 Å². The summed E-state index contributed by atoms with van der Waals surface area (Å²) in [4.78, 5) is 28.0. The highest BCUT2D eigenvalue weighted by Crippen LogP contribution is 2.27. The van der Waals surface area contributed by atoms with Crippen LogP contribution in [0.4, 0.5) is 26.8 Å². The van der Waals surface area contributed by atoms with Crippen LogP contribution in [-0.4, -0.2) is 51.9 Å². The Kier molecular flexibility index (Phi) is 8.30. The third kappa shape index (κ3) is 7.45. The van der Waals surface area contributed by atoms with Gasteiger partial charge in [0, 0.05) is 42.7 Å². The van der Waals surface area contributed by atoms with E-state index in [1.54, 1.807) is 0 Å². The molecule has 3 N–H and O–H groups in total. The lowest BCUT2D eigenvalue weighted by Gasteiger charge is -2.21. The van der Waals surface area contributed by atoms with E-state index in [0.29, 0.717) is 12.0 Å². The molecule has 2 aromatic heterocycles. The highest BCUT2D eigenvalue weighted by molar-refractivity contribution is 7.92. The molecule has 1 unspecified atom stereocenters. The van der Waals surface area contributed by atoms with E-state index >= 15 is 0 Å². The monoisotopic (exact) mass is 551 g/mol. The van der Waals surface area contributed by atoms with Gasteiger partial charge < -0.3 is 15.7 Å². The number of carbonyl (C=O) groups is 1. The minimum absolute atomic E-state index is 0.0660. The molecular weight excluding hydrogens is 525 g/mol. The number of anilines is 3. The number of nitrogens with one attached hydrogen (secondary N) is 2. The molecule has 202 valence electrons. The zero-order valence-electron chi connectivity index (χ0n) is 21.1. The van der Waals surface area contributed by atoms with Crippen LogP contribution in [0.3, 0.4) is 0 Å². The van der Waals surface area contributed by atoms with Crippen molar-refractivity contribution in [1.82, 2.24) is 25.3 Å². The highest BCUT2D eigenvalue weighted by Gasteiger charge is 2.24. The summed E-state index contributed by atoms with van der Waals surface area (Å²) >= 11 is 0. The van der Waals surface area contributed by atoms with Gasteiger partial charge in [-0.1, -0.05) is 24.3 Å². The van der Waals surface area contributed by atoms with Crippen LogP contribution in [0.5, 0.6) is 0 Å². The van der Waals surface area contributed by atoms with E-state index in [1.807, 2.05) is 31.2 Å². The summed E-state index contributed by atoms with van der Waals surface area (Å²) in [5.74, 6) is 0.169. The highest BCUT2D eigenvalue weighted by atomic mass is 32.2. The molecule has 0 radical (unpaired) electrons. The van der Waals surface area contributed by atoms with Crippen LogP contribution >= 0.6 is 0 Å². The van der Waals surface area contributed by atoms with Crippen molar-refractivity contribution in [3.8, 4) is 11.4 Å². The second kappa shape index (κ2) is 11.8. The molecule has 0 bridgehead atoms. The average molecular weight is 552 g/mol. The minimum atomic E-state index is -3.87. The van der Waals surface area contributed by atoms with Crippen LogP contribution in [0, 0.1) is 5.82 Å². The quantitative estimate of drug-likeness (QED) is 0.266. The summed E-state index contributed by atoms with van der Waals surface area (Å²) < 4.78 is 40.0. The molecule has 11 nitrogen and oxygen atoms in total. The Morgan fingerprint density at radius 3 is 2.36 bits per heavy atom. The van der Waals surface area contributed by atoms with Crippen LogP contribution < -0.4 is 14.9 Å². The van der Waals surface area contributed by atoms with Gasteiger partial charge in [0.25, 0.3) is 0 Å². The normalized spacial score (nSPS) is 12.0. The summed E-state index contributed by atoms with van der Waals surface area (Å²) in [6, 6.07) is 15.8. The third-order valence-electron chi connectivity index (χ3n) is 5.48. The number of rotatable bonds is 10. The summed E-state index contributed by atoms with van der Waals surface area (Å²) in [6.45, 7) is 2.12. The maximum atomic E-state index is 13.3. The zero-order chi connectivity index (χ0) is 28.0. The minimum Gasteiger partial charge on any atom is -0.465 e. The van der Waals surface area contributed by atoms with E-state index in [9.17, 15) is 17.6 Å². The first-order valence-electron chi connectivity index (χ1n) is 11.8. The molecular formula is C26H26FN7O4S. The maximum absolute atomic E-state index is 13.3. The Bertz CT molecular complexity index is 1570. The van der Waals surface area contributed by atoms with Gasteiger partial charge >= 0.3 is 6.09 Å². The largest absolute Gasteiger partial charge is 0.465 e. The Morgan fingerprint density at radius 1 is 1.00 bits per heavy atom. The molecule has 13 heteroatoms. The number of nitrogens with zero attached hydrogens (tertiary/aromatic N) is 5. The number of aromatic nitrogens is 4. The fourth-order valence-electron chi connectivity index (χ4n) is 3.86. The standard InChI is InChI=1S/C26H26FN7O4S/c1-17(14-18-4-3-5-19(15-18)16-30-26(35)36)31-25-29-13-11-23(33-25)34(39(2,37)38)22-10-12-28-24(32-22)20-6-8-21(27)9-7-20/h3-13,15,17,30H,14,16H2,1-2H3,(H,35,36)(H,29,31,33). The predicted octanol–water partition coefficient (Wildman–Crippen LogP) is 3.98. The molecule has 1 amide bonds. The SMILES string of the molecule is CC(Cc1cccc(CNC(=O)O)c1)Nc1nccc(N(c2ccnc(-c3ccc(F)cc3)n2)S(C)(=O)=O)n1. The number of hydrogen-bond donors (Lipinski definition) is 3. The number of hydrogen-bond acceptors (Lipinski definition) is 8. The first-order valence-corrected chi connectivity index (χ1v) is 13.7. The van der Waals surface area contributed by atoms with Crippen LogP contribution in [0.25, 0.3) is 11.4 Å². The molecule has 1 atom stereocenters. The molecule has 2 aromatic carbocycles. The van der Waals surface area contributed by atoms with Crippen molar-refractivity contribution in [1.29, 1.82) is 0 Å². The molecule has 0 spiro atoms. The predicted molar refractivity (Wildman–Crippen MR) is 145 cm³/mol. The second-order valence-electron chi connectivity index (χ2n) is 8.74. The van der Waals surface area contributed by atoms with Gasteiger partial charge in [-0.3, -0.25) is 0 Å². The third-order valence-corrected chi connectivity index (χ3v) is 6.52. The summed E-state index contributed by atoms with van der Waals surface area (Å²) in [7, 11) is -3.87. The number of halogens is 1. The number of benzene rings is 2. The van der Waals surface area contributed by atoms with Crippen molar-refractivity contribution < 1.29 is 22.7 Å². The molecule has 0 aliphatic rings. The van der Waals surface area contributed by atoms with Gasteiger partial charge in [0.2, 0.25) is 16.0 Å². The second-order valence-corrected chi connectivity index (χ2v) is 10.6. The maximum Gasteiger partial charge on any atom is 0.404 e. The molecule has 0 aliphatic heterocycles. The van der Waals surface area contributed by atoms with E-state index in [2.05, 4.69) is 30.6 Å². The fraction of sp³-hybridized carbons (Fsp3) is 0.192. The van der Waals surface area contributed by atoms with E-state index in [1.165, 1.54) is 48.8 Å². The Morgan fingerprint density at radius 2 is 1.67 bits per heavy atom. The Labute approximate surface area is 224 Å². The number of carboxylic acid groups (broad SMARTS) is 1. The lowest BCUT2D eigenvalue weighted by molar-refractivity contribution is 0.194. The van der Waals surface area contributed by atoms with E-state index < -0.39 is 21.9 Å². The van der Waals surface area contributed by atoms with Crippen LogP contribution in [0.15, 0.2) is 73.1 Å². The van der Waals surface area contributed by atoms with Gasteiger partial charge in [0.15, 0.2) is 17.5 Å². The molecule has 0 saturated heterocycles. The van der Waals surface area contributed by atoms with Gasteiger partial charge in [-0.2, -0.15) is 4.98 Å². The fourth-order valence-corrected chi connectivity index (χ4v) is 4.74. The van der Waals surface area contributed by atoms with Crippen LogP contribution in [0.2, 0.25) is 0 Å². The zero-order valence-corrected chi connectivity index (χ0v) is 21.9. The van der Waals surface area contributed by atoms with Gasteiger partial charge in [0.05, 0.1) is 6.26 Å². The Hall–Kier alpha value is -4.65. The topological polar surface area (TPSA) is 150 Å². The van der Waals surface area contributed by atoms with Gasteiger partial charge in [0.1, 0.15) is 5.82 Å². The van der Waals surface area contributed by atoms with Gasteiger partial charge in [-0.25, -0.2) is 36.9 Å². The summed E-state index contributed by atoms with van der Waals surface area (Å²) in [6.07, 6.45) is 3.38. The van der Waals surface area contributed by atoms with Gasteiger partial charge in [-0.15, -0.1) is 0 Å². The molecule has 0 aliphatic carbocycles. The van der Waals surface area contributed by atoms with Crippen LogP contribution in [0.1, 0.15) is 18.1 Å². The lowest BCUT2D eigenvalue weighted by atomic mass is 10.0. The number of sulfonamides is 1. The van der Waals surface area contributed by atoms with Gasteiger partial charge in [-0.05, 0) is 48.7 Å². The van der Waals surface area contributed by atoms with Crippen molar-refractivity contribution in [3.05, 3.63) is 90.0 Å². The Balaban J connectivity index is 1.55. The van der Waals surface area contributed by atoms with Crippen molar-refractivity contribution >= 4 is 33.7 Å². The number of amides is 1. The molecule has 4 aromatic rings. The first-order chi connectivity index (χ1) is 18.6. The average Bonchev–Trinajstić information content (AvgIpc) is 2.88. The van der Waals surface area contributed by atoms with Crippen molar-refractivity contribution in [3.63, 3.8) is 0 Å². The molecule has 0 fully saturated rings.